The molecule has 0 aliphatic carbocycles. The van der Waals surface area contributed by atoms with Crippen molar-refractivity contribution in [2.24, 2.45) is 5.73 Å². The number of amides is 3. The topological polar surface area (TPSA) is 148 Å². The number of aryl methyl sites for hydroxylation is 2. The number of primary amides is 1. The highest BCUT2D eigenvalue weighted by atomic mass is 19.1. The number of pyridine rings is 1. The molecule has 0 radical (unpaired) electrons. The van der Waals surface area contributed by atoms with E-state index in [1.807, 2.05) is 42.1 Å². The summed E-state index contributed by atoms with van der Waals surface area (Å²) in [6.07, 6.45) is 4.78. The van der Waals surface area contributed by atoms with E-state index < -0.39 is 5.91 Å². The zero-order valence-electron chi connectivity index (χ0n) is 30.1. The second-order valence-electron chi connectivity index (χ2n) is 13.6. The van der Waals surface area contributed by atoms with Crippen LogP contribution in [0.4, 0.5) is 10.1 Å². The quantitative estimate of drug-likeness (QED) is 0.163. The van der Waals surface area contributed by atoms with Crippen molar-refractivity contribution >= 4 is 34.4 Å². The minimum Gasteiger partial charge on any atom is -0.381 e. The molecule has 2 aromatic heterocycles. The lowest BCUT2D eigenvalue weighted by atomic mass is 9.99. The Morgan fingerprint density at radius 3 is 2.67 bits per heavy atom. The number of fused-ring (bicyclic) bond motifs is 1. The van der Waals surface area contributed by atoms with Gasteiger partial charge < -0.3 is 26.0 Å². The molecule has 2 aliphatic heterocycles. The highest BCUT2D eigenvalue weighted by Crippen LogP contribution is 2.33. The molecule has 3 amide bonds. The molecule has 4 N–H and O–H groups in total. The van der Waals surface area contributed by atoms with Gasteiger partial charge in [0.2, 0.25) is 17.7 Å². The van der Waals surface area contributed by atoms with Crippen molar-refractivity contribution in [3.8, 4) is 11.1 Å². The third kappa shape index (κ3) is 8.94. The van der Waals surface area contributed by atoms with Crippen LogP contribution in [-0.4, -0.2) is 81.2 Å². The lowest BCUT2D eigenvalue weighted by Crippen LogP contribution is -2.47. The van der Waals surface area contributed by atoms with Gasteiger partial charge in [-0.3, -0.25) is 19.3 Å². The zero-order chi connectivity index (χ0) is 36.6. The van der Waals surface area contributed by atoms with Gasteiger partial charge in [0.25, 0.3) is 0 Å². The van der Waals surface area contributed by atoms with Gasteiger partial charge in [0.05, 0.1) is 23.8 Å². The summed E-state index contributed by atoms with van der Waals surface area (Å²) in [6, 6.07) is 12.9. The number of rotatable bonds is 15. The maximum Gasteiger partial charge on any atom is 0.234 e. The Balaban J connectivity index is 1.33. The molecule has 6 rings (SSSR count). The predicted octanol–water partition coefficient (Wildman–Crippen LogP) is 4.53. The fourth-order valence-corrected chi connectivity index (χ4v) is 7.11. The number of aromatic nitrogens is 3. The van der Waals surface area contributed by atoms with Crippen LogP contribution in [0, 0.1) is 5.82 Å². The maximum atomic E-state index is 15.5. The fraction of sp³-hybridized carbons (Fsp3) is 0.462. The number of carbonyl (C=O) groups excluding carboxylic acids is 3. The normalized spacial score (nSPS) is 15.5. The van der Waals surface area contributed by atoms with Gasteiger partial charge in [0.15, 0.2) is 5.65 Å². The van der Waals surface area contributed by atoms with E-state index in [0.717, 1.165) is 64.1 Å². The summed E-state index contributed by atoms with van der Waals surface area (Å²) < 4.78 is 23.0. The SMILES string of the molecule is CCc1nc2c(cnn2CC)c(NC2CCOCC2)c1CN(Cc1ccc(F)c(-c2cccc(CN3CCNC(=O)C3)c2)c1)C(=O)CCCC(N)=O. The molecule has 0 atom stereocenters. The molecule has 276 valence electrons. The van der Waals surface area contributed by atoms with Gasteiger partial charge in [0.1, 0.15) is 5.82 Å². The summed E-state index contributed by atoms with van der Waals surface area (Å²) >= 11 is 0. The molecule has 2 saturated heterocycles. The first-order chi connectivity index (χ1) is 25.2. The molecule has 2 fully saturated rings. The molecule has 13 heteroatoms. The summed E-state index contributed by atoms with van der Waals surface area (Å²) in [4.78, 5) is 46.4. The molecule has 12 nitrogen and oxygen atoms in total. The largest absolute Gasteiger partial charge is 0.381 e. The number of nitrogens with one attached hydrogen (secondary N) is 2. The van der Waals surface area contributed by atoms with Crippen LogP contribution in [0.3, 0.4) is 0 Å². The Labute approximate surface area is 303 Å². The van der Waals surface area contributed by atoms with Crippen LogP contribution in [0.1, 0.15) is 68.3 Å². The summed E-state index contributed by atoms with van der Waals surface area (Å²) in [5.41, 5.74) is 11.8. The molecule has 2 aromatic carbocycles. The van der Waals surface area contributed by atoms with Gasteiger partial charge in [-0.2, -0.15) is 5.10 Å². The third-order valence-corrected chi connectivity index (χ3v) is 9.86. The molecule has 4 heterocycles. The average molecular weight is 713 g/mol. The number of anilines is 1. The van der Waals surface area contributed by atoms with Crippen LogP contribution in [0.5, 0.6) is 0 Å². The number of nitrogens with two attached hydrogens (primary N) is 1. The van der Waals surface area contributed by atoms with Crippen LogP contribution in [-0.2, 0) is 51.7 Å². The number of benzene rings is 2. The van der Waals surface area contributed by atoms with Crippen molar-refractivity contribution in [3.63, 3.8) is 0 Å². The van der Waals surface area contributed by atoms with E-state index in [9.17, 15) is 14.4 Å². The highest BCUT2D eigenvalue weighted by Gasteiger charge is 2.25. The van der Waals surface area contributed by atoms with Crippen molar-refractivity contribution in [2.45, 2.75) is 84.6 Å². The Bertz CT molecular complexity index is 1910. The predicted molar refractivity (Wildman–Crippen MR) is 197 cm³/mol. The monoisotopic (exact) mass is 712 g/mol. The van der Waals surface area contributed by atoms with E-state index in [-0.39, 0.29) is 49.6 Å². The summed E-state index contributed by atoms with van der Waals surface area (Å²) in [5.74, 6) is -0.953. The molecule has 4 aromatic rings. The van der Waals surface area contributed by atoms with Gasteiger partial charge in [0, 0.05) is 88.2 Å². The molecular weight excluding hydrogens is 663 g/mol. The Hall–Kier alpha value is -4.88. The molecule has 52 heavy (non-hydrogen) atoms. The first-order valence-corrected chi connectivity index (χ1v) is 18.4. The number of carbonyl (C=O) groups is 3. The van der Waals surface area contributed by atoms with Crippen LogP contribution in [0.25, 0.3) is 22.2 Å². The van der Waals surface area contributed by atoms with E-state index in [0.29, 0.717) is 57.8 Å². The van der Waals surface area contributed by atoms with E-state index in [2.05, 4.69) is 27.6 Å². The standard InChI is InChI=1S/C39H49FN8O4/c1-3-34-32(38(44-29-13-17-52-18-14-29)31-21-43-48(4-2)39(31)45-34)24-47(37(51)10-6-9-35(41)49)23-27-11-12-33(40)30(20-27)28-8-5-7-26(19-28)22-46-16-15-42-36(50)25-46/h5,7-8,11-12,19-21,29H,3-4,6,9-10,13-18,22-25H2,1-2H3,(H2,41,49)(H,42,50)(H,44,45). The molecule has 0 unspecified atom stereocenters. The Kier molecular flexibility index (Phi) is 12.1. The zero-order valence-corrected chi connectivity index (χ0v) is 30.1. The summed E-state index contributed by atoms with van der Waals surface area (Å²) in [5, 5.41) is 12.2. The maximum absolute atomic E-state index is 15.5. The first-order valence-electron chi connectivity index (χ1n) is 18.4. The van der Waals surface area contributed by atoms with E-state index in [1.54, 1.807) is 17.0 Å². The second kappa shape index (κ2) is 17.1. The Morgan fingerprint density at radius 1 is 1.10 bits per heavy atom. The molecule has 2 aliphatic rings. The summed E-state index contributed by atoms with van der Waals surface area (Å²) in [6.45, 7) is 8.85. The van der Waals surface area contributed by atoms with Gasteiger partial charge in [-0.15, -0.1) is 0 Å². The van der Waals surface area contributed by atoms with Gasteiger partial charge in [-0.1, -0.05) is 31.2 Å². The minimum absolute atomic E-state index is 0.000780. The molecule has 0 spiro atoms. The first kappa shape index (κ1) is 36.9. The number of hydrogen-bond acceptors (Lipinski definition) is 8. The summed E-state index contributed by atoms with van der Waals surface area (Å²) in [7, 11) is 0. The number of nitrogens with zero attached hydrogens (tertiary/aromatic N) is 5. The van der Waals surface area contributed by atoms with Gasteiger partial charge in [-0.25, -0.2) is 14.1 Å². The number of ether oxygens (including phenoxy) is 1. The Morgan fingerprint density at radius 2 is 1.92 bits per heavy atom. The average Bonchev–Trinajstić information content (AvgIpc) is 3.56. The van der Waals surface area contributed by atoms with Crippen molar-refractivity contribution in [3.05, 3.63) is 76.9 Å². The minimum atomic E-state index is -0.452. The number of halogens is 1. The van der Waals surface area contributed by atoms with Crippen molar-refractivity contribution in [1.29, 1.82) is 0 Å². The van der Waals surface area contributed by atoms with E-state index in [1.165, 1.54) is 6.07 Å². The van der Waals surface area contributed by atoms with Crippen LogP contribution >= 0.6 is 0 Å². The molecule has 0 bridgehead atoms. The van der Waals surface area contributed by atoms with Gasteiger partial charge in [-0.05, 0) is 67.5 Å². The number of hydrogen-bond donors (Lipinski definition) is 3. The highest BCUT2D eigenvalue weighted by molar-refractivity contribution is 5.92. The smallest absolute Gasteiger partial charge is 0.234 e. The fourth-order valence-electron chi connectivity index (χ4n) is 7.11. The molecular formula is C39H49FN8O4. The van der Waals surface area contributed by atoms with Crippen molar-refractivity contribution < 1.29 is 23.5 Å². The third-order valence-electron chi connectivity index (χ3n) is 9.86. The lowest BCUT2D eigenvalue weighted by Gasteiger charge is -2.29. The second-order valence-corrected chi connectivity index (χ2v) is 13.6. The van der Waals surface area contributed by atoms with Crippen molar-refractivity contribution in [1.82, 2.24) is 29.9 Å². The van der Waals surface area contributed by atoms with E-state index >= 15 is 4.39 Å². The lowest BCUT2D eigenvalue weighted by molar-refractivity contribution is -0.132. The van der Waals surface area contributed by atoms with Crippen molar-refractivity contribution in [2.75, 3.05) is 38.2 Å². The van der Waals surface area contributed by atoms with Crippen LogP contribution < -0.4 is 16.4 Å². The van der Waals surface area contributed by atoms with Gasteiger partial charge >= 0.3 is 0 Å². The molecule has 0 saturated carbocycles. The van der Waals surface area contributed by atoms with Crippen LogP contribution in [0.15, 0.2) is 48.7 Å². The van der Waals surface area contributed by atoms with Crippen LogP contribution in [0.2, 0.25) is 0 Å². The number of piperazine rings is 1. The van der Waals surface area contributed by atoms with E-state index in [4.69, 9.17) is 15.5 Å².